The molecular weight excluding hydrogens is 390 g/mol. The minimum absolute atomic E-state index is 0.0829. The van der Waals surface area contributed by atoms with Gasteiger partial charge in [0.1, 0.15) is 18.1 Å². The minimum atomic E-state index is 0.0829. The molecule has 1 aliphatic rings. The van der Waals surface area contributed by atoms with Crippen LogP contribution in [0.3, 0.4) is 0 Å². The molecule has 2 aromatic rings. The second kappa shape index (κ2) is 10.5. The van der Waals surface area contributed by atoms with Gasteiger partial charge in [-0.25, -0.2) is 0 Å². The van der Waals surface area contributed by atoms with E-state index in [1.807, 2.05) is 24.3 Å². The number of quaternary nitrogens is 1. The molecule has 0 saturated carbocycles. The number of carbonyl (C=O) groups excluding carboxylic acids is 1. The molecule has 0 unspecified atom stereocenters. The summed E-state index contributed by atoms with van der Waals surface area (Å²) >= 11 is 0. The number of carbonyl (C=O) groups is 1. The molecule has 168 valence electrons. The van der Waals surface area contributed by atoms with E-state index in [2.05, 4.69) is 55.3 Å². The Morgan fingerprint density at radius 1 is 1.00 bits per heavy atom. The van der Waals surface area contributed by atoms with Gasteiger partial charge in [0, 0.05) is 5.69 Å². The van der Waals surface area contributed by atoms with E-state index in [0.29, 0.717) is 19.7 Å². The normalized spacial score (nSPS) is 14.9. The first-order chi connectivity index (χ1) is 14.8. The zero-order chi connectivity index (χ0) is 22.3. The monoisotopic (exact) mass is 426 g/mol. The first-order valence-corrected chi connectivity index (χ1v) is 11.1. The summed E-state index contributed by atoms with van der Waals surface area (Å²) in [7, 11) is 1.68. The Hall–Kier alpha value is -2.73. The lowest BCUT2D eigenvalue weighted by Crippen LogP contribution is -3.16. The van der Waals surface area contributed by atoms with Crippen LogP contribution in [0, 0.1) is 0 Å². The fourth-order valence-corrected chi connectivity index (χ4v) is 3.75. The topological polar surface area (TPSA) is 55.2 Å². The molecule has 3 rings (SSSR count). The number of amides is 1. The minimum Gasteiger partial charge on any atom is -0.497 e. The third kappa shape index (κ3) is 6.89. The van der Waals surface area contributed by atoms with Gasteiger partial charge in [0.2, 0.25) is 0 Å². The number of rotatable bonds is 8. The number of anilines is 1. The van der Waals surface area contributed by atoms with E-state index in [1.54, 1.807) is 7.11 Å². The van der Waals surface area contributed by atoms with Gasteiger partial charge in [-0.05, 0) is 47.4 Å². The van der Waals surface area contributed by atoms with Crippen molar-refractivity contribution in [3.63, 3.8) is 0 Å². The maximum atomic E-state index is 12.3. The second-order valence-electron chi connectivity index (χ2n) is 9.08. The number of nitrogens with zero attached hydrogens (tertiary/aromatic N) is 1. The fourth-order valence-electron chi connectivity index (χ4n) is 3.75. The molecule has 0 bridgehead atoms. The van der Waals surface area contributed by atoms with E-state index in [4.69, 9.17) is 9.47 Å². The van der Waals surface area contributed by atoms with Gasteiger partial charge in [0.05, 0.1) is 39.8 Å². The van der Waals surface area contributed by atoms with Gasteiger partial charge in [-0.2, -0.15) is 0 Å². The lowest BCUT2D eigenvalue weighted by Gasteiger charge is -2.33. The van der Waals surface area contributed by atoms with Crippen molar-refractivity contribution in [3.8, 4) is 11.5 Å². The SMILES string of the molecule is COc1ccc(N2CC[NH+](CC(=O)NCCOc3ccc(C(C)(C)C)cc3)CC2)cc1. The highest BCUT2D eigenvalue weighted by atomic mass is 16.5. The third-order valence-electron chi connectivity index (χ3n) is 5.73. The van der Waals surface area contributed by atoms with E-state index in [0.717, 1.165) is 37.7 Å². The van der Waals surface area contributed by atoms with Crippen LogP contribution in [0.25, 0.3) is 0 Å². The van der Waals surface area contributed by atoms with Crippen LogP contribution in [0.1, 0.15) is 26.3 Å². The molecule has 0 spiro atoms. The predicted octanol–water partition coefficient (Wildman–Crippen LogP) is 1.89. The van der Waals surface area contributed by atoms with Crippen molar-refractivity contribution < 1.29 is 19.2 Å². The Bertz CT molecular complexity index is 821. The molecular formula is C25H36N3O3+. The van der Waals surface area contributed by atoms with Crippen LogP contribution in [-0.2, 0) is 10.2 Å². The van der Waals surface area contributed by atoms with Crippen molar-refractivity contribution in [1.29, 1.82) is 0 Å². The van der Waals surface area contributed by atoms with Crippen LogP contribution >= 0.6 is 0 Å². The van der Waals surface area contributed by atoms with Gasteiger partial charge in [-0.15, -0.1) is 0 Å². The Balaban J connectivity index is 1.32. The summed E-state index contributed by atoms with van der Waals surface area (Å²) < 4.78 is 11.0. The molecule has 1 heterocycles. The maximum Gasteiger partial charge on any atom is 0.275 e. The number of methoxy groups -OCH3 is 1. The maximum absolute atomic E-state index is 12.3. The average Bonchev–Trinajstić information content (AvgIpc) is 2.77. The average molecular weight is 427 g/mol. The largest absolute Gasteiger partial charge is 0.497 e. The zero-order valence-electron chi connectivity index (χ0n) is 19.2. The molecule has 6 heteroatoms. The van der Waals surface area contributed by atoms with Crippen molar-refractivity contribution in [1.82, 2.24) is 5.32 Å². The molecule has 0 atom stereocenters. The van der Waals surface area contributed by atoms with Crippen molar-refractivity contribution in [2.24, 2.45) is 0 Å². The quantitative estimate of drug-likeness (QED) is 0.633. The number of ether oxygens (including phenoxy) is 2. The van der Waals surface area contributed by atoms with Crippen molar-refractivity contribution in [2.75, 3.05) is 57.9 Å². The van der Waals surface area contributed by atoms with Crippen LogP contribution < -0.4 is 24.6 Å². The summed E-state index contributed by atoms with van der Waals surface area (Å²) in [6, 6.07) is 16.3. The first-order valence-electron chi connectivity index (χ1n) is 11.1. The van der Waals surface area contributed by atoms with Crippen molar-refractivity contribution in [2.45, 2.75) is 26.2 Å². The van der Waals surface area contributed by atoms with Crippen molar-refractivity contribution in [3.05, 3.63) is 54.1 Å². The number of hydrogen-bond acceptors (Lipinski definition) is 4. The van der Waals surface area contributed by atoms with Gasteiger partial charge in [0.25, 0.3) is 5.91 Å². The lowest BCUT2D eigenvalue weighted by atomic mass is 9.87. The Morgan fingerprint density at radius 3 is 2.19 bits per heavy atom. The van der Waals surface area contributed by atoms with Gasteiger partial charge in [-0.3, -0.25) is 4.79 Å². The van der Waals surface area contributed by atoms with Crippen LogP contribution in [0.5, 0.6) is 11.5 Å². The summed E-state index contributed by atoms with van der Waals surface area (Å²) in [6.45, 7) is 11.9. The summed E-state index contributed by atoms with van der Waals surface area (Å²) in [5.41, 5.74) is 2.62. The summed E-state index contributed by atoms with van der Waals surface area (Å²) in [4.78, 5) is 16.0. The van der Waals surface area contributed by atoms with Gasteiger partial charge in [-0.1, -0.05) is 32.9 Å². The van der Waals surface area contributed by atoms with E-state index in [-0.39, 0.29) is 11.3 Å². The molecule has 1 amide bonds. The molecule has 31 heavy (non-hydrogen) atoms. The molecule has 0 radical (unpaired) electrons. The van der Waals surface area contributed by atoms with E-state index in [9.17, 15) is 4.79 Å². The highest BCUT2D eigenvalue weighted by Gasteiger charge is 2.22. The summed E-state index contributed by atoms with van der Waals surface area (Å²) in [5.74, 6) is 1.79. The number of benzene rings is 2. The number of nitrogens with one attached hydrogen (secondary N) is 2. The first kappa shape index (κ1) is 22.9. The van der Waals surface area contributed by atoms with Crippen LogP contribution in [-0.4, -0.2) is 58.9 Å². The molecule has 1 aliphatic heterocycles. The molecule has 2 aromatic carbocycles. The third-order valence-corrected chi connectivity index (χ3v) is 5.73. The smallest absolute Gasteiger partial charge is 0.275 e. The Morgan fingerprint density at radius 2 is 1.61 bits per heavy atom. The Kier molecular flexibility index (Phi) is 7.80. The fraction of sp³-hybridized carbons (Fsp3) is 0.480. The number of piperazine rings is 1. The van der Waals surface area contributed by atoms with Gasteiger partial charge < -0.3 is 24.6 Å². The Labute approximate surface area is 186 Å². The van der Waals surface area contributed by atoms with Crippen LogP contribution in [0.2, 0.25) is 0 Å². The van der Waals surface area contributed by atoms with E-state index in [1.165, 1.54) is 16.2 Å². The molecule has 6 nitrogen and oxygen atoms in total. The molecule has 0 aromatic heterocycles. The molecule has 0 aliphatic carbocycles. The number of hydrogen-bond donors (Lipinski definition) is 2. The van der Waals surface area contributed by atoms with E-state index >= 15 is 0 Å². The zero-order valence-corrected chi connectivity index (χ0v) is 19.2. The second-order valence-corrected chi connectivity index (χ2v) is 9.08. The summed E-state index contributed by atoms with van der Waals surface area (Å²) in [6.07, 6.45) is 0. The summed E-state index contributed by atoms with van der Waals surface area (Å²) in [5, 5.41) is 2.98. The van der Waals surface area contributed by atoms with Gasteiger partial charge in [0.15, 0.2) is 6.54 Å². The molecule has 1 fully saturated rings. The standard InChI is InChI=1S/C25H35N3O3/c1-25(2,3)20-5-9-23(10-6-20)31-18-13-26-24(29)19-27-14-16-28(17-15-27)21-7-11-22(30-4)12-8-21/h5-12H,13-19H2,1-4H3,(H,26,29)/p+1. The van der Waals surface area contributed by atoms with Gasteiger partial charge >= 0.3 is 0 Å². The molecule has 1 saturated heterocycles. The highest BCUT2D eigenvalue weighted by molar-refractivity contribution is 5.76. The predicted molar refractivity (Wildman–Crippen MR) is 124 cm³/mol. The van der Waals surface area contributed by atoms with Crippen LogP contribution in [0.4, 0.5) is 5.69 Å². The molecule has 2 N–H and O–H groups in total. The van der Waals surface area contributed by atoms with Crippen LogP contribution in [0.15, 0.2) is 48.5 Å². The van der Waals surface area contributed by atoms with Crippen molar-refractivity contribution >= 4 is 11.6 Å². The van der Waals surface area contributed by atoms with E-state index < -0.39 is 0 Å². The highest BCUT2D eigenvalue weighted by Crippen LogP contribution is 2.24. The lowest BCUT2D eigenvalue weighted by molar-refractivity contribution is -0.892.